The van der Waals surface area contributed by atoms with Crippen LogP contribution in [0, 0.1) is 5.82 Å². The summed E-state index contributed by atoms with van der Waals surface area (Å²) in [5, 5.41) is 12.0. The molecule has 0 radical (unpaired) electrons. The van der Waals surface area contributed by atoms with Crippen LogP contribution in [0.25, 0.3) is 0 Å². The van der Waals surface area contributed by atoms with E-state index in [2.05, 4.69) is 20.5 Å². The standard InChI is InChI=1S/C15H13FN4OS2/c16-11-5-3-10(4-6-11)14(12-2-1-7-22-12)19-13(21)8-23-15-17-9-18-20-15/h1-7,9,14H,8H2,(H,19,21)(H,17,18,20). The summed E-state index contributed by atoms with van der Waals surface area (Å²) in [6.45, 7) is 0. The van der Waals surface area contributed by atoms with Gasteiger partial charge in [0.2, 0.25) is 5.91 Å². The second-order valence-electron chi connectivity index (χ2n) is 4.65. The predicted octanol–water partition coefficient (Wildman–Crippen LogP) is 3.00. The summed E-state index contributed by atoms with van der Waals surface area (Å²) < 4.78 is 13.1. The first-order valence-electron chi connectivity index (χ1n) is 6.79. The van der Waals surface area contributed by atoms with Gasteiger partial charge in [-0.1, -0.05) is 30.0 Å². The van der Waals surface area contributed by atoms with Crippen molar-refractivity contribution < 1.29 is 9.18 Å². The lowest BCUT2D eigenvalue weighted by molar-refractivity contribution is -0.119. The zero-order chi connectivity index (χ0) is 16.1. The molecule has 1 unspecified atom stereocenters. The molecule has 0 aliphatic heterocycles. The topological polar surface area (TPSA) is 70.7 Å². The number of benzene rings is 1. The number of thiophene rings is 1. The molecule has 118 valence electrons. The number of hydrogen-bond acceptors (Lipinski definition) is 5. The molecule has 0 aliphatic carbocycles. The Bertz CT molecular complexity index is 744. The van der Waals surface area contributed by atoms with Crippen LogP contribution in [0.5, 0.6) is 0 Å². The van der Waals surface area contributed by atoms with Crippen LogP contribution < -0.4 is 5.32 Å². The Balaban J connectivity index is 1.71. The predicted molar refractivity (Wildman–Crippen MR) is 87.8 cm³/mol. The minimum atomic E-state index is -0.300. The number of amides is 1. The number of thioether (sulfide) groups is 1. The number of carbonyl (C=O) groups excluding carboxylic acids is 1. The van der Waals surface area contributed by atoms with Gasteiger partial charge >= 0.3 is 0 Å². The number of hydrogen-bond donors (Lipinski definition) is 2. The molecule has 0 saturated heterocycles. The number of nitrogens with one attached hydrogen (secondary N) is 2. The van der Waals surface area contributed by atoms with Gasteiger partial charge in [0.05, 0.1) is 11.8 Å². The monoisotopic (exact) mass is 348 g/mol. The van der Waals surface area contributed by atoms with E-state index < -0.39 is 0 Å². The SMILES string of the molecule is O=C(CSc1ncn[nH]1)NC(c1ccc(F)cc1)c1cccs1. The Morgan fingerprint density at radius 3 is 2.83 bits per heavy atom. The van der Waals surface area contributed by atoms with Crippen molar-refractivity contribution in [1.82, 2.24) is 20.5 Å². The molecule has 3 aromatic rings. The normalized spacial score (nSPS) is 12.0. The van der Waals surface area contributed by atoms with Gasteiger partial charge in [-0.05, 0) is 29.1 Å². The largest absolute Gasteiger partial charge is 0.344 e. The molecule has 0 spiro atoms. The third-order valence-electron chi connectivity index (χ3n) is 3.07. The third-order valence-corrected chi connectivity index (χ3v) is 4.88. The summed E-state index contributed by atoms with van der Waals surface area (Å²) in [4.78, 5) is 17.2. The van der Waals surface area contributed by atoms with Crippen LogP contribution in [0.4, 0.5) is 4.39 Å². The molecule has 0 bridgehead atoms. The first kappa shape index (κ1) is 15.7. The summed E-state index contributed by atoms with van der Waals surface area (Å²) in [5.74, 6) is -0.210. The third kappa shape index (κ3) is 4.17. The van der Waals surface area contributed by atoms with Crippen molar-refractivity contribution in [3.63, 3.8) is 0 Å². The minimum Gasteiger partial charge on any atom is -0.344 e. The molecule has 0 saturated carbocycles. The maximum Gasteiger partial charge on any atom is 0.231 e. The summed E-state index contributed by atoms with van der Waals surface area (Å²) in [7, 11) is 0. The van der Waals surface area contributed by atoms with Crippen molar-refractivity contribution in [3.05, 3.63) is 64.4 Å². The quantitative estimate of drug-likeness (QED) is 0.672. The van der Waals surface area contributed by atoms with E-state index in [0.717, 1.165) is 10.4 Å². The number of aromatic nitrogens is 3. The lowest BCUT2D eigenvalue weighted by Crippen LogP contribution is -2.30. The van der Waals surface area contributed by atoms with Crippen LogP contribution >= 0.6 is 23.1 Å². The van der Waals surface area contributed by atoms with E-state index >= 15 is 0 Å². The van der Waals surface area contributed by atoms with Gasteiger partial charge in [0.25, 0.3) is 0 Å². The van der Waals surface area contributed by atoms with Crippen molar-refractivity contribution >= 4 is 29.0 Å². The zero-order valence-electron chi connectivity index (χ0n) is 11.9. The lowest BCUT2D eigenvalue weighted by Gasteiger charge is -2.18. The van der Waals surface area contributed by atoms with E-state index in [4.69, 9.17) is 0 Å². The second kappa shape index (κ2) is 7.38. The number of carbonyl (C=O) groups is 1. The van der Waals surface area contributed by atoms with Gasteiger partial charge in [-0.15, -0.1) is 11.3 Å². The van der Waals surface area contributed by atoms with Gasteiger partial charge < -0.3 is 5.32 Å². The molecular weight excluding hydrogens is 335 g/mol. The molecule has 5 nitrogen and oxygen atoms in total. The van der Waals surface area contributed by atoms with Crippen LogP contribution in [0.15, 0.2) is 53.3 Å². The van der Waals surface area contributed by atoms with Crippen molar-refractivity contribution in [2.24, 2.45) is 0 Å². The summed E-state index contributed by atoms with van der Waals surface area (Å²) in [5.41, 5.74) is 0.840. The molecular formula is C15H13FN4OS2. The first-order chi connectivity index (χ1) is 11.2. The Labute approximate surface area is 140 Å². The highest BCUT2D eigenvalue weighted by Gasteiger charge is 2.18. The maximum atomic E-state index is 13.1. The van der Waals surface area contributed by atoms with Gasteiger partial charge in [0, 0.05) is 4.88 Å². The maximum absolute atomic E-state index is 13.1. The highest BCUT2D eigenvalue weighted by Crippen LogP contribution is 2.26. The highest BCUT2D eigenvalue weighted by molar-refractivity contribution is 7.99. The summed E-state index contributed by atoms with van der Waals surface area (Å²) >= 11 is 2.82. The van der Waals surface area contributed by atoms with E-state index in [0.29, 0.717) is 5.16 Å². The van der Waals surface area contributed by atoms with E-state index in [-0.39, 0.29) is 23.5 Å². The Morgan fingerprint density at radius 2 is 2.17 bits per heavy atom. The molecule has 8 heteroatoms. The molecule has 0 aliphatic rings. The van der Waals surface area contributed by atoms with Gasteiger partial charge in [0.15, 0.2) is 5.16 Å². The van der Waals surface area contributed by atoms with E-state index in [1.165, 1.54) is 30.2 Å². The molecule has 3 rings (SSSR count). The van der Waals surface area contributed by atoms with Crippen LogP contribution in [0.2, 0.25) is 0 Å². The van der Waals surface area contributed by atoms with Gasteiger partial charge in [-0.3, -0.25) is 9.89 Å². The van der Waals surface area contributed by atoms with Crippen LogP contribution in [-0.4, -0.2) is 26.8 Å². The number of nitrogens with zero attached hydrogens (tertiary/aromatic N) is 2. The highest BCUT2D eigenvalue weighted by atomic mass is 32.2. The van der Waals surface area contributed by atoms with E-state index in [1.54, 1.807) is 23.5 Å². The zero-order valence-corrected chi connectivity index (χ0v) is 13.5. The fraction of sp³-hybridized carbons (Fsp3) is 0.133. The molecule has 2 heterocycles. The van der Waals surface area contributed by atoms with E-state index in [9.17, 15) is 9.18 Å². The lowest BCUT2D eigenvalue weighted by atomic mass is 10.1. The van der Waals surface area contributed by atoms with Crippen molar-refractivity contribution in [3.8, 4) is 0 Å². The molecule has 1 atom stereocenters. The average molecular weight is 348 g/mol. The Hall–Kier alpha value is -2.19. The molecule has 0 fully saturated rings. The Kier molecular flexibility index (Phi) is 5.04. The number of aromatic amines is 1. The fourth-order valence-electron chi connectivity index (χ4n) is 2.03. The first-order valence-corrected chi connectivity index (χ1v) is 8.65. The molecule has 1 amide bonds. The van der Waals surface area contributed by atoms with Gasteiger partial charge in [-0.25, -0.2) is 9.37 Å². The average Bonchev–Trinajstić information content (AvgIpc) is 3.25. The van der Waals surface area contributed by atoms with Gasteiger partial charge in [-0.2, -0.15) is 5.10 Å². The molecule has 2 N–H and O–H groups in total. The van der Waals surface area contributed by atoms with Crippen LogP contribution in [0.1, 0.15) is 16.5 Å². The summed E-state index contributed by atoms with van der Waals surface area (Å²) in [6, 6.07) is 9.73. The molecule has 2 aromatic heterocycles. The molecule has 1 aromatic carbocycles. The van der Waals surface area contributed by atoms with Crippen molar-refractivity contribution in [2.45, 2.75) is 11.2 Å². The van der Waals surface area contributed by atoms with E-state index in [1.807, 2.05) is 17.5 Å². The second-order valence-corrected chi connectivity index (χ2v) is 6.59. The van der Waals surface area contributed by atoms with Gasteiger partial charge in [0.1, 0.15) is 12.1 Å². The van der Waals surface area contributed by atoms with Crippen LogP contribution in [0.3, 0.4) is 0 Å². The Morgan fingerprint density at radius 1 is 1.35 bits per heavy atom. The number of H-pyrrole nitrogens is 1. The number of rotatable bonds is 6. The van der Waals surface area contributed by atoms with Crippen LogP contribution in [-0.2, 0) is 4.79 Å². The number of halogens is 1. The van der Waals surface area contributed by atoms with Crippen molar-refractivity contribution in [1.29, 1.82) is 0 Å². The smallest absolute Gasteiger partial charge is 0.231 e. The minimum absolute atomic E-state index is 0.130. The molecule has 23 heavy (non-hydrogen) atoms. The summed E-state index contributed by atoms with van der Waals surface area (Å²) in [6.07, 6.45) is 1.40. The van der Waals surface area contributed by atoms with Crippen molar-refractivity contribution in [2.75, 3.05) is 5.75 Å². The fourth-order valence-corrected chi connectivity index (χ4v) is 3.42.